The second kappa shape index (κ2) is 8.77. The number of pyridine rings is 1. The Morgan fingerprint density at radius 2 is 1.81 bits per heavy atom. The molecule has 4 heteroatoms. The number of rotatable bonds is 1. The number of hydrogen-bond donors (Lipinski definition) is 1. The topological polar surface area (TPSA) is 56.0 Å². The Hall–Kier alpha value is -1.51. The van der Waals surface area contributed by atoms with Gasteiger partial charge in [-0.05, 0) is 12.1 Å². The van der Waals surface area contributed by atoms with Gasteiger partial charge in [-0.15, -0.1) is 0 Å². The van der Waals surface area contributed by atoms with Crippen molar-refractivity contribution in [3.05, 3.63) is 66.5 Å². The molecule has 0 spiro atoms. The fraction of sp³-hybridized carbons (Fsp3) is 0. The van der Waals surface area contributed by atoms with Gasteiger partial charge in [-0.3, -0.25) is 4.79 Å². The normalized spacial score (nSPS) is 8.00. The van der Waals surface area contributed by atoms with Crippen LogP contribution in [0.4, 0.5) is 0 Å². The minimum Gasteiger partial charge on any atom is -0.394 e. The van der Waals surface area contributed by atoms with E-state index in [4.69, 9.17) is 5.73 Å². The fourth-order valence-corrected chi connectivity index (χ4v) is 0.880. The fourth-order valence-electron chi connectivity index (χ4n) is 0.880. The number of hydrogen-bond acceptors (Lipinski definition) is 2. The van der Waals surface area contributed by atoms with Crippen molar-refractivity contribution in [2.75, 3.05) is 0 Å². The summed E-state index contributed by atoms with van der Waals surface area (Å²) in [7, 11) is 0. The average Bonchev–Trinajstić information content (AvgIpc) is 2.33. The van der Waals surface area contributed by atoms with Crippen molar-refractivity contribution in [1.29, 1.82) is 0 Å². The first kappa shape index (κ1) is 14.5. The molecule has 2 aromatic rings. The molecule has 1 radical (unpaired) electrons. The van der Waals surface area contributed by atoms with Gasteiger partial charge in [0.15, 0.2) is 0 Å². The first-order valence-electron chi connectivity index (χ1n) is 4.42. The van der Waals surface area contributed by atoms with Gasteiger partial charge in [0, 0.05) is 25.7 Å². The van der Waals surface area contributed by atoms with Crippen LogP contribution in [0.5, 0.6) is 0 Å². The van der Waals surface area contributed by atoms with Crippen LogP contribution in [0.15, 0.2) is 54.7 Å². The third-order valence-electron chi connectivity index (χ3n) is 1.58. The summed E-state index contributed by atoms with van der Waals surface area (Å²) >= 11 is 0. The summed E-state index contributed by atoms with van der Waals surface area (Å²) in [6.45, 7) is 0. The first-order chi connectivity index (χ1) is 7.30. The second-order valence-corrected chi connectivity index (χ2v) is 2.69. The Balaban J connectivity index is 0.000000283. The Morgan fingerprint density at radius 3 is 2.06 bits per heavy atom. The molecule has 0 atom stereocenters. The van der Waals surface area contributed by atoms with Crippen LogP contribution in [0.1, 0.15) is 10.4 Å². The van der Waals surface area contributed by atoms with Crippen LogP contribution in [-0.4, -0.2) is 10.9 Å². The minimum atomic E-state index is -0.379. The van der Waals surface area contributed by atoms with Gasteiger partial charge in [-0.2, -0.15) is 18.2 Å². The predicted molar refractivity (Wildman–Crippen MR) is 58.0 cm³/mol. The standard InChI is InChI=1S/C7H7NO.C5H4N.Ir/c8-7(9)6-4-2-1-3-5-6;1-2-4-6-5-3-1;/h1-5H,(H2,8,9);1-4H;/q;-1;. The van der Waals surface area contributed by atoms with Crippen LogP contribution in [0.2, 0.25) is 0 Å². The molecule has 0 saturated carbocycles. The monoisotopic (exact) mass is 392 g/mol. The van der Waals surface area contributed by atoms with Crippen molar-refractivity contribution in [2.45, 2.75) is 0 Å². The van der Waals surface area contributed by atoms with Gasteiger partial charge >= 0.3 is 0 Å². The number of carbonyl (C=O) groups is 1. The zero-order valence-corrected chi connectivity index (χ0v) is 10.9. The smallest absolute Gasteiger partial charge is 0.248 e. The zero-order valence-electron chi connectivity index (χ0n) is 8.46. The van der Waals surface area contributed by atoms with E-state index < -0.39 is 0 Å². The zero-order chi connectivity index (χ0) is 10.9. The molecule has 85 valence electrons. The molecule has 0 unspecified atom stereocenters. The van der Waals surface area contributed by atoms with E-state index in [1.165, 1.54) is 0 Å². The van der Waals surface area contributed by atoms with Gasteiger partial charge in [0.2, 0.25) is 5.91 Å². The van der Waals surface area contributed by atoms with Gasteiger partial charge in [-0.25, -0.2) is 0 Å². The Kier molecular flexibility index (Phi) is 7.94. The third kappa shape index (κ3) is 6.06. The van der Waals surface area contributed by atoms with E-state index in [0.29, 0.717) is 5.56 Å². The summed E-state index contributed by atoms with van der Waals surface area (Å²) in [6.07, 6.45) is 4.34. The first-order valence-corrected chi connectivity index (χ1v) is 4.42. The number of primary amides is 1. The van der Waals surface area contributed by atoms with Crippen molar-refractivity contribution in [3.8, 4) is 0 Å². The molecule has 3 nitrogen and oxygen atoms in total. The van der Waals surface area contributed by atoms with Gasteiger partial charge < -0.3 is 10.7 Å². The Bertz CT molecular complexity index is 366. The molecule has 16 heavy (non-hydrogen) atoms. The SMILES string of the molecule is NC(=O)c1ccccc1.[Ir].[c-]1ccccn1. The third-order valence-corrected chi connectivity index (χ3v) is 1.58. The molecule has 0 aliphatic rings. The van der Waals surface area contributed by atoms with E-state index >= 15 is 0 Å². The predicted octanol–water partition coefficient (Wildman–Crippen LogP) is 1.66. The summed E-state index contributed by atoms with van der Waals surface area (Å²) < 4.78 is 0. The molecule has 0 aliphatic carbocycles. The van der Waals surface area contributed by atoms with Crippen LogP contribution in [0, 0.1) is 6.20 Å². The van der Waals surface area contributed by atoms with Crippen LogP contribution >= 0.6 is 0 Å². The summed E-state index contributed by atoms with van der Waals surface area (Å²) in [6, 6.07) is 14.3. The number of benzene rings is 1. The van der Waals surface area contributed by atoms with Crippen molar-refractivity contribution >= 4 is 5.91 Å². The molecule has 1 aromatic carbocycles. The molecular weight excluding hydrogens is 380 g/mol. The summed E-state index contributed by atoms with van der Waals surface area (Å²) in [5.41, 5.74) is 5.53. The van der Waals surface area contributed by atoms with Crippen molar-refractivity contribution in [2.24, 2.45) is 5.73 Å². The van der Waals surface area contributed by atoms with E-state index in [-0.39, 0.29) is 26.0 Å². The summed E-state index contributed by atoms with van der Waals surface area (Å²) in [5.74, 6) is -0.379. The molecule has 0 fully saturated rings. The van der Waals surface area contributed by atoms with Crippen molar-refractivity contribution in [1.82, 2.24) is 4.98 Å². The number of nitrogens with zero attached hydrogens (tertiary/aromatic N) is 1. The van der Waals surface area contributed by atoms with E-state index in [1.807, 2.05) is 18.2 Å². The molecule has 0 aliphatic heterocycles. The number of amides is 1. The van der Waals surface area contributed by atoms with Crippen LogP contribution in [-0.2, 0) is 20.1 Å². The van der Waals surface area contributed by atoms with Crippen LogP contribution < -0.4 is 5.73 Å². The van der Waals surface area contributed by atoms with Crippen molar-refractivity contribution in [3.63, 3.8) is 0 Å². The largest absolute Gasteiger partial charge is 0.394 e. The molecule has 2 rings (SSSR count). The van der Waals surface area contributed by atoms with Crippen LogP contribution in [0.25, 0.3) is 0 Å². The molecule has 0 bridgehead atoms. The maximum atomic E-state index is 10.4. The molecule has 1 aromatic heterocycles. The molecule has 2 N–H and O–H groups in total. The quantitative estimate of drug-likeness (QED) is 0.752. The van der Waals surface area contributed by atoms with Crippen LogP contribution in [0.3, 0.4) is 0 Å². The minimum absolute atomic E-state index is 0. The maximum Gasteiger partial charge on any atom is 0.248 e. The van der Waals surface area contributed by atoms with Gasteiger partial charge in [0.05, 0.1) is 0 Å². The second-order valence-electron chi connectivity index (χ2n) is 2.69. The van der Waals surface area contributed by atoms with E-state index in [1.54, 1.807) is 36.5 Å². The van der Waals surface area contributed by atoms with Gasteiger partial charge in [-0.1, -0.05) is 30.6 Å². The number of carbonyl (C=O) groups excluding carboxylic acids is 1. The molecule has 1 amide bonds. The maximum absolute atomic E-state index is 10.4. The van der Waals surface area contributed by atoms with Gasteiger partial charge in [0.25, 0.3) is 0 Å². The van der Waals surface area contributed by atoms with Gasteiger partial charge in [0.1, 0.15) is 0 Å². The van der Waals surface area contributed by atoms with Crippen molar-refractivity contribution < 1.29 is 24.9 Å². The molecule has 1 heterocycles. The average molecular weight is 391 g/mol. The molecule has 0 saturated heterocycles. The number of nitrogens with two attached hydrogens (primary N) is 1. The Labute approximate surface area is 108 Å². The number of aromatic nitrogens is 1. The Morgan fingerprint density at radius 1 is 1.12 bits per heavy atom. The summed E-state index contributed by atoms with van der Waals surface area (Å²) in [4.78, 5) is 14.1. The van der Waals surface area contributed by atoms with E-state index in [0.717, 1.165) is 0 Å². The van der Waals surface area contributed by atoms with E-state index in [2.05, 4.69) is 11.2 Å². The summed E-state index contributed by atoms with van der Waals surface area (Å²) in [5, 5.41) is 0. The van der Waals surface area contributed by atoms with E-state index in [9.17, 15) is 4.79 Å². The molecular formula is C12H11IrN2O-.